The van der Waals surface area contributed by atoms with Gasteiger partial charge in [-0.25, -0.2) is 0 Å². The highest BCUT2D eigenvalue weighted by Crippen LogP contribution is 2.16. The van der Waals surface area contributed by atoms with Crippen molar-refractivity contribution >= 4 is 17.9 Å². The Labute approximate surface area is 485 Å². The van der Waals surface area contributed by atoms with Gasteiger partial charge in [-0.1, -0.05) is 258 Å². The van der Waals surface area contributed by atoms with Gasteiger partial charge in [0.1, 0.15) is 13.2 Å². The minimum absolute atomic E-state index is 0.143. The van der Waals surface area contributed by atoms with E-state index in [0.717, 1.165) is 103 Å². The second kappa shape index (κ2) is 60.1. The zero-order valence-corrected chi connectivity index (χ0v) is 51.5. The zero-order valence-electron chi connectivity index (χ0n) is 51.5. The van der Waals surface area contributed by atoms with Crippen LogP contribution in [0.5, 0.6) is 0 Å². The Balaban J connectivity index is 4.17. The lowest BCUT2D eigenvalue weighted by Crippen LogP contribution is -2.44. The largest absolute Gasteiger partial charge is 0.545 e. The minimum atomic E-state index is -1.63. The molecule has 0 fully saturated rings. The SMILES string of the molecule is CC/C=C\C/C=C\C/C=C\C/C=C\C/C=C\CCCCCCCCCCCCCCCCCC(=O)OC(COC(=O)CCCCCCCCCCCC/C=C\C/C=C\C/C=C\C/C=C\CC)COC(OCC[N+](C)(C)C)C(=O)[O-]. The molecular weight excluding hydrogens is 983 g/mol. The van der Waals surface area contributed by atoms with Crippen molar-refractivity contribution in [2.75, 3.05) is 47.5 Å². The first-order valence-corrected chi connectivity index (χ1v) is 32.0. The average Bonchev–Trinajstić information content (AvgIpc) is 3.42. The Kier molecular flexibility index (Phi) is 57.0. The molecule has 0 bridgehead atoms. The number of quaternary nitrogens is 1. The normalized spacial score (nSPS) is 13.5. The number of carbonyl (C=O) groups is 3. The molecule has 9 nitrogen and oxygen atoms in total. The molecule has 0 aliphatic rings. The first-order chi connectivity index (χ1) is 38.6. The summed E-state index contributed by atoms with van der Waals surface area (Å²) in [4.78, 5) is 37.4. The predicted molar refractivity (Wildman–Crippen MR) is 333 cm³/mol. The van der Waals surface area contributed by atoms with Crippen molar-refractivity contribution in [2.45, 2.75) is 270 Å². The van der Waals surface area contributed by atoms with Crippen LogP contribution in [0.4, 0.5) is 0 Å². The van der Waals surface area contributed by atoms with Gasteiger partial charge in [0.15, 0.2) is 12.4 Å². The van der Waals surface area contributed by atoms with Gasteiger partial charge in [-0.3, -0.25) is 9.59 Å². The van der Waals surface area contributed by atoms with Gasteiger partial charge in [0.25, 0.3) is 0 Å². The van der Waals surface area contributed by atoms with Crippen molar-refractivity contribution in [3.05, 3.63) is 109 Å². The van der Waals surface area contributed by atoms with Crippen molar-refractivity contribution in [1.29, 1.82) is 0 Å². The van der Waals surface area contributed by atoms with Crippen LogP contribution in [0.15, 0.2) is 109 Å². The fourth-order valence-electron chi connectivity index (χ4n) is 8.67. The van der Waals surface area contributed by atoms with Crippen LogP contribution in [-0.4, -0.2) is 82.3 Å². The van der Waals surface area contributed by atoms with E-state index in [1.165, 1.54) is 122 Å². The second-order valence-electron chi connectivity index (χ2n) is 22.3. The van der Waals surface area contributed by atoms with E-state index in [9.17, 15) is 19.5 Å². The van der Waals surface area contributed by atoms with Gasteiger partial charge in [-0.15, -0.1) is 0 Å². The van der Waals surface area contributed by atoms with Gasteiger partial charge in [-0.2, -0.15) is 0 Å². The van der Waals surface area contributed by atoms with Crippen LogP contribution in [0.3, 0.4) is 0 Å². The van der Waals surface area contributed by atoms with E-state index in [1.807, 2.05) is 21.1 Å². The quantitative estimate of drug-likeness (QED) is 0.0195. The molecule has 452 valence electrons. The molecule has 0 heterocycles. The van der Waals surface area contributed by atoms with E-state index < -0.39 is 24.3 Å². The predicted octanol–water partition coefficient (Wildman–Crippen LogP) is 18.1. The number of hydrogen-bond acceptors (Lipinski definition) is 8. The minimum Gasteiger partial charge on any atom is -0.545 e. The maximum absolute atomic E-state index is 12.9. The van der Waals surface area contributed by atoms with E-state index >= 15 is 0 Å². The van der Waals surface area contributed by atoms with Crippen molar-refractivity contribution < 1.29 is 42.9 Å². The molecule has 0 amide bonds. The third-order valence-corrected chi connectivity index (χ3v) is 13.5. The van der Waals surface area contributed by atoms with E-state index in [4.69, 9.17) is 18.9 Å². The zero-order chi connectivity index (χ0) is 57.6. The monoisotopic (exact) mass is 1100 g/mol. The van der Waals surface area contributed by atoms with Crippen LogP contribution in [0.25, 0.3) is 0 Å². The third kappa shape index (κ3) is 61.4. The highest BCUT2D eigenvalue weighted by atomic mass is 16.7. The topological polar surface area (TPSA) is 111 Å². The first-order valence-electron chi connectivity index (χ1n) is 32.0. The summed E-state index contributed by atoms with van der Waals surface area (Å²) in [5.74, 6) is -2.29. The Bertz CT molecular complexity index is 1660. The summed E-state index contributed by atoms with van der Waals surface area (Å²) in [6, 6.07) is 0. The molecule has 0 aliphatic heterocycles. The van der Waals surface area contributed by atoms with Gasteiger partial charge in [-0.05, 0) is 96.3 Å². The third-order valence-electron chi connectivity index (χ3n) is 13.5. The molecule has 0 saturated heterocycles. The standard InChI is InChI=1S/C70H119NO8/c1-6-8-10-12-14-16-18-20-22-24-26-28-30-31-32-33-34-35-36-37-39-41-43-45-47-49-51-53-55-57-59-61-68(73)79-66(65-78-70(69(74)75)76-63-62-71(3,4)5)64-77-67(72)60-58-56-54-52-50-48-46-44-42-40-38-29-27-25-23-21-19-17-15-13-11-9-7-2/h8-11,14-17,20-23,26-29,31-32,66,70H,6-7,12-13,18-19,24-25,30,33-65H2,1-5H3/b10-8-,11-9-,16-14-,17-15-,22-20-,23-21-,28-26-,29-27-,32-31-. The Hall–Kier alpha value is -4.05. The van der Waals surface area contributed by atoms with Crippen molar-refractivity contribution in [1.82, 2.24) is 0 Å². The highest BCUT2D eigenvalue weighted by molar-refractivity contribution is 5.70. The molecule has 0 spiro atoms. The van der Waals surface area contributed by atoms with Gasteiger partial charge in [0.2, 0.25) is 0 Å². The molecule has 0 aromatic heterocycles. The number of ether oxygens (including phenoxy) is 4. The van der Waals surface area contributed by atoms with Crippen LogP contribution in [0.2, 0.25) is 0 Å². The lowest BCUT2D eigenvalue weighted by molar-refractivity contribution is -0.870. The molecule has 2 unspecified atom stereocenters. The maximum Gasteiger partial charge on any atom is 0.306 e. The number of carbonyl (C=O) groups excluding carboxylic acids is 3. The number of carboxylic acids is 1. The van der Waals surface area contributed by atoms with Crippen LogP contribution in [0, 0.1) is 0 Å². The summed E-state index contributed by atoms with van der Waals surface area (Å²) in [5.41, 5.74) is 0. The molecule has 2 atom stereocenters. The fraction of sp³-hybridized carbons (Fsp3) is 0.700. The number of unbranched alkanes of at least 4 members (excludes halogenated alkanes) is 25. The lowest BCUT2D eigenvalue weighted by Gasteiger charge is -2.26. The van der Waals surface area contributed by atoms with Gasteiger partial charge < -0.3 is 33.3 Å². The average molecular weight is 1100 g/mol. The smallest absolute Gasteiger partial charge is 0.306 e. The van der Waals surface area contributed by atoms with Crippen LogP contribution < -0.4 is 5.11 Å². The molecule has 9 heteroatoms. The molecule has 0 aromatic carbocycles. The number of likely N-dealkylation sites (N-methyl/N-ethyl adjacent to an activating group) is 1. The summed E-state index contributed by atoms with van der Waals surface area (Å²) >= 11 is 0. The highest BCUT2D eigenvalue weighted by Gasteiger charge is 2.22. The summed E-state index contributed by atoms with van der Waals surface area (Å²) in [5, 5.41) is 11.8. The Morgan fingerprint density at radius 1 is 0.380 bits per heavy atom. The molecule has 0 radical (unpaired) electrons. The number of hydrogen-bond donors (Lipinski definition) is 0. The Morgan fingerprint density at radius 2 is 0.684 bits per heavy atom. The Morgan fingerprint density at radius 3 is 1.01 bits per heavy atom. The number of carboxylic acid groups (broad SMARTS) is 1. The van der Waals surface area contributed by atoms with E-state index in [-0.39, 0.29) is 38.6 Å². The van der Waals surface area contributed by atoms with Crippen molar-refractivity contribution in [2.24, 2.45) is 0 Å². The summed E-state index contributed by atoms with van der Waals surface area (Å²) < 4.78 is 22.8. The van der Waals surface area contributed by atoms with Crippen LogP contribution in [0.1, 0.15) is 258 Å². The summed E-state index contributed by atoms with van der Waals surface area (Å²) in [6.45, 7) is 4.53. The number of rotatable bonds is 58. The molecule has 0 aliphatic carbocycles. The van der Waals surface area contributed by atoms with E-state index in [0.29, 0.717) is 17.4 Å². The molecule has 0 saturated carbocycles. The van der Waals surface area contributed by atoms with Crippen molar-refractivity contribution in [3.63, 3.8) is 0 Å². The maximum atomic E-state index is 12.9. The second-order valence-corrected chi connectivity index (χ2v) is 22.3. The first kappa shape index (κ1) is 75.0. The fourth-order valence-corrected chi connectivity index (χ4v) is 8.67. The van der Waals surface area contributed by atoms with E-state index in [2.05, 4.69) is 123 Å². The van der Waals surface area contributed by atoms with Gasteiger partial charge in [0, 0.05) is 12.8 Å². The number of esters is 2. The van der Waals surface area contributed by atoms with Gasteiger partial charge >= 0.3 is 11.9 Å². The molecule has 0 N–H and O–H groups in total. The summed E-state index contributed by atoms with van der Waals surface area (Å²) in [6.07, 6.45) is 80.0. The lowest BCUT2D eigenvalue weighted by atomic mass is 10.0. The number of aliphatic carboxylic acids is 1. The summed E-state index contributed by atoms with van der Waals surface area (Å²) in [7, 11) is 5.92. The number of nitrogens with zero attached hydrogens (tertiary/aromatic N) is 1. The van der Waals surface area contributed by atoms with E-state index in [1.54, 1.807) is 0 Å². The molecular formula is C70H119NO8. The molecule has 79 heavy (non-hydrogen) atoms. The van der Waals surface area contributed by atoms with Gasteiger partial charge in [0.05, 0.1) is 40.3 Å². The van der Waals surface area contributed by atoms with Crippen molar-refractivity contribution in [3.8, 4) is 0 Å². The molecule has 0 aromatic rings. The number of allylic oxidation sites excluding steroid dienone is 18. The van der Waals surface area contributed by atoms with Crippen LogP contribution in [-0.2, 0) is 33.3 Å². The van der Waals surface area contributed by atoms with Crippen LogP contribution >= 0.6 is 0 Å². The molecule has 0 rings (SSSR count).